The Hall–Kier alpha value is 1.07. The third-order valence-electron chi connectivity index (χ3n) is 12.8. The van der Waals surface area contributed by atoms with Crippen molar-refractivity contribution in [3.8, 4) is 0 Å². The number of rotatable bonds is 49. The maximum Gasteiger partial charge on any atom is 1.00 e. The molecule has 56 heavy (non-hydrogen) atoms. The summed E-state index contributed by atoms with van der Waals surface area (Å²) in [6.07, 6.45) is 61.8. The number of hydrogen-bond acceptors (Lipinski definition) is 3. The van der Waals surface area contributed by atoms with Crippen molar-refractivity contribution in [3.63, 3.8) is 0 Å². The zero-order valence-electron chi connectivity index (χ0n) is 39.6. The van der Waals surface area contributed by atoms with Crippen molar-refractivity contribution < 1.29 is 61.3 Å². The van der Waals surface area contributed by atoms with Gasteiger partial charge in [-0.3, -0.25) is 0 Å². The maximum atomic E-state index is 11.2. The topological polar surface area (TPSA) is 43.4 Å². The molecule has 330 valence electrons. The van der Waals surface area contributed by atoms with Crippen LogP contribution in [0.5, 0.6) is 0 Å². The van der Waals surface area contributed by atoms with Crippen molar-refractivity contribution in [1.82, 2.24) is 4.90 Å². The van der Waals surface area contributed by atoms with Crippen molar-refractivity contribution >= 4 is 5.97 Å². The summed E-state index contributed by atoms with van der Waals surface area (Å²) >= 11 is 0. The standard InChI is InChI=1S/C52H105NO2.K/c1-4-7-9-11-13-15-17-19-21-23-25-27-29-31-33-35-37-39-41-43-45-49-53(51(6-3)47-48-52(54)55)50-46-44-42-40-38-36-34-32-30-28-26-24-22-20-18-16-14-12-10-8-5-2;/h51H,4-50H2,1-3H3,(H,54,55);/q;+1/p-1. The second-order valence-corrected chi connectivity index (χ2v) is 18.2. The van der Waals surface area contributed by atoms with Gasteiger partial charge in [-0.2, -0.15) is 0 Å². The Morgan fingerprint density at radius 3 is 0.732 bits per heavy atom. The Labute approximate surface area is 397 Å². The van der Waals surface area contributed by atoms with Crippen LogP contribution in [0.2, 0.25) is 0 Å². The number of carboxylic acid groups (broad SMARTS) is 1. The van der Waals surface area contributed by atoms with Gasteiger partial charge in [0.1, 0.15) is 0 Å². The van der Waals surface area contributed by atoms with E-state index in [9.17, 15) is 9.90 Å². The van der Waals surface area contributed by atoms with E-state index in [1.54, 1.807) is 0 Å². The fourth-order valence-corrected chi connectivity index (χ4v) is 8.90. The smallest absolute Gasteiger partial charge is 0.550 e. The van der Waals surface area contributed by atoms with Gasteiger partial charge < -0.3 is 14.8 Å². The van der Waals surface area contributed by atoms with E-state index in [2.05, 4.69) is 25.7 Å². The first-order valence-corrected chi connectivity index (χ1v) is 26.1. The van der Waals surface area contributed by atoms with Gasteiger partial charge in [0.15, 0.2) is 0 Å². The predicted molar refractivity (Wildman–Crippen MR) is 245 cm³/mol. The molecule has 0 aromatic rings. The van der Waals surface area contributed by atoms with E-state index < -0.39 is 5.97 Å². The molecule has 0 spiro atoms. The minimum absolute atomic E-state index is 0. The minimum atomic E-state index is -0.887. The molecular formula is C52H104KNO2. The number of carbonyl (C=O) groups excluding carboxylic acids is 1. The van der Waals surface area contributed by atoms with Crippen molar-refractivity contribution in [1.29, 1.82) is 0 Å². The average Bonchev–Trinajstić information content (AvgIpc) is 3.18. The van der Waals surface area contributed by atoms with E-state index in [0.29, 0.717) is 6.04 Å². The van der Waals surface area contributed by atoms with E-state index in [4.69, 9.17) is 0 Å². The number of carbonyl (C=O) groups is 1. The molecule has 0 rings (SSSR count). The molecule has 3 nitrogen and oxygen atoms in total. The van der Waals surface area contributed by atoms with Crippen molar-refractivity contribution in [2.75, 3.05) is 13.1 Å². The number of carboxylic acids is 1. The average molecular weight is 815 g/mol. The zero-order valence-corrected chi connectivity index (χ0v) is 42.7. The summed E-state index contributed by atoms with van der Waals surface area (Å²) < 4.78 is 0. The van der Waals surface area contributed by atoms with Crippen LogP contribution in [0.4, 0.5) is 0 Å². The molecule has 0 N–H and O–H groups in total. The molecule has 0 aromatic carbocycles. The molecule has 0 saturated heterocycles. The summed E-state index contributed by atoms with van der Waals surface area (Å²) in [6.45, 7) is 9.13. The Bertz CT molecular complexity index is 671. The van der Waals surface area contributed by atoms with Gasteiger partial charge in [0.2, 0.25) is 0 Å². The van der Waals surface area contributed by atoms with Gasteiger partial charge in [-0.05, 0) is 45.2 Å². The van der Waals surface area contributed by atoms with E-state index >= 15 is 0 Å². The fraction of sp³-hybridized carbons (Fsp3) is 0.981. The first-order chi connectivity index (χ1) is 27.2. The molecule has 0 amide bonds. The number of aliphatic carboxylic acids is 1. The molecule has 0 aromatic heterocycles. The summed E-state index contributed by atoms with van der Waals surface area (Å²) in [5.74, 6) is -0.887. The molecule has 0 aliphatic carbocycles. The summed E-state index contributed by atoms with van der Waals surface area (Å²) in [4.78, 5) is 13.9. The number of nitrogens with zero attached hydrogens (tertiary/aromatic N) is 1. The molecule has 1 atom stereocenters. The first kappa shape index (κ1) is 59.2. The Kier molecular flexibility index (Phi) is 55.1. The van der Waals surface area contributed by atoms with Gasteiger partial charge >= 0.3 is 51.4 Å². The molecule has 0 bridgehead atoms. The molecule has 4 heteroatoms. The van der Waals surface area contributed by atoms with E-state index in [0.717, 1.165) is 25.9 Å². The normalized spacial score (nSPS) is 12.1. The van der Waals surface area contributed by atoms with E-state index in [1.165, 1.54) is 270 Å². The Morgan fingerprint density at radius 1 is 0.357 bits per heavy atom. The minimum Gasteiger partial charge on any atom is -0.550 e. The monoisotopic (exact) mass is 814 g/mol. The van der Waals surface area contributed by atoms with Gasteiger partial charge in [0, 0.05) is 12.0 Å². The van der Waals surface area contributed by atoms with Crippen LogP contribution in [0.25, 0.3) is 0 Å². The summed E-state index contributed by atoms with van der Waals surface area (Å²) in [7, 11) is 0. The third-order valence-corrected chi connectivity index (χ3v) is 12.8. The van der Waals surface area contributed by atoms with Crippen LogP contribution in [-0.4, -0.2) is 30.0 Å². The summed E-state index contributed by atoms with van der Waals surface area (Å²) in [5.41, 5.74) is 0. The number of hydrogen-bond donors (Lipinski definition) is 0. The molecular weight excluding hydrogens is 710 g/mol. The van der Waals surface area contributed by atoms with Crippen molar-refractivity contribution in [2.24, 2.45) is 0 Å². The SMILES string of the molecule is CCCCCCCCCCCCCCCCCCCCCCCN(CCCCCCCCCCCCCCCCCCCCCCC)C(CC)CCC(=O)[O-].[K+]. The van der Waals surface area contributed by atoms with Gasteiger partial charge in [0.05, 0.1) is 0 Å². The van der Waals surface area contributed by atoms with Crippen LogP contribution in [0.1, 0.15) is 310 Å². The van der Waals surface area contributed by atoms with Gasteiger partial charge in [-0.15, -0.1) is 0 Å². The molecule has 1 unspecified atom stereocenters. The maximum absolute atomic E-state index is 11.2. The van der Waals surface area contributed by atoms with Crippen molar-refractivity contribution in [2.45, 2.75) is 316 Å². The van der Waals surface area contributed by atoms with Gasteiger partial charge in [-0.25, -0.2) is 0 Å². The fourth-order valence-electron chi connectivity index (χ4n) is 8.90. The van der Waals surface area contributed by atoms with Crippen LogP contribution in [0, 0.1) is 0 Å². The van der Waals surface area contributed by atoms with E-state index in [-0.39, 0.29) is 57.8 Å². The second kappa shape index (κ2) is 52.2. The third kappa shape index (κ3) is 47.7. The molecule has 0 fully saturated rings. The van der Waals surface area contributed by atoms with Crippen LogP contribution >= 0.6 is 0 Å². The summed E-state index contributed by atoms with van der Waals surface area (Å²) in [6, 6.07) is 0.396. The largest absolute Gasteiger partial charge is 1.00 e. The Morgan fingerprint density at radius 2 is 0.554 bits per heavy atom. The second-order valence-electron chi connectivity index (χ2n) is 18.2. The quantitative estimate of drug-likeness (QED) is 0.0454. The molecule has 0 aliphatic heterocycles. The van der Waals surface area contributed by atoms with Crippen LogP contribution in [0.15, 0.2) is 0 Å². The predicted octanol–water partition coefficient (Wildman–Crippen LogP) is 14.0. The first-order valence-electron chi connectivity index (χ1n) is 26.1. The van der Waals surface area contributed by atoms with Crippen molar-refractivity contribution in [3.05, 3.63) is 0 Å². The van der Waals surface area contributed by atoms with Crippen LogP contribution in [-0.2, 0) is 4.79 Å². The van der Waals surface area contributed by atoms with E-state index in [1.807, 2.05) is 0 Å². The molecule has 0 heterocycles. The number of unbranched alkanes of at least 4 members (excludes halogenated alkanes) is 40. The Balaban J connectivity index is 0. The molecule has 0 radical (unpaired) electrons. The van der Waals surface area contributed by atoms with Crippen LogP contribution in [0.3, 0.4) is 0 Å². The molecule has 0 aliphatic rings. The zero-order chi connectivity index (χ0) is 40.0. The van der Waals surface area contributed by atoms with Gasteiger partial charge in [0.25, 0.3) is 0 Å². The molecule has 0 saturated carbocycles. The van der Waals surface area contributed by atoms with Crippen LogP contribution < -0.4 is 56.5 Å². The summed E-state index contributed by atoms with van der Waals surface area (Å²) in [5, 5.41) is 11.2. The van der Waals surface area contributed by atoms with Gasteiger partial charge in [-0.1, -0.05) is 278 Å².